The molecular formula is C14H14O9PS2+. The second kappa shape index (κ2) is 9.28. The van der Waals surface area contributed by atoms with Gasteiger partial charge in [0.2, 0.25) is 13.6 Å². The Labute approximate surface area is 151 Å². The summed E-state index contributed by atoms with van der Waals surface area (Å²) in [5.74, 6) is 0. The fourth-order valence-corrected chi connectivity index (χ4v) is 3.70. The standard InChI is InChI=1S/C14H14O9PS2/c15-24(20-11-22-25(16,17)13-7-3-1-4-8-13)21-12-23-26(18,19)14-9-5-2-6-10-14/h1-10H,11-12H2/q+1. The maximum Gasteiger partial charge on any atom is 0.702 e. The van der Waals surface area contributed by atoms with Crippen molar-refractivity contribution in [3.05, 3.63) is 60.7 Å². The molecule has 0 unspecified atom stereocenters. The van der Waals surface area contributed by atoms with E-state index in [4.69, 9.17) is 0 Å². The van der Waals surface area contributed by atoms with Crippen molar-refractivity contribution in [3.63, 3.8) is 0 Å². The van der Waals surface area contributed by atoms with Gasteiger partial charge in [-0.3, -0.25) is 0 Å². The van der Waals surface area contributed by atoms with Crippen molar-refractivity contribution in [2.24, 2.45) is 0 Å². The summed E-state index contributed by atoms with van der Waals surface area (Å²) in [5, 5.41) is 0. The topological polar surface area (TPSA) is 122 Å². The van der Waals surface area contributed by atoms with E-state index in [1.54, 1.807) is 12.1 Å². The predicted molar refractivity (Wildman–Crippen MR) is 88.9 cm³/mol. The first-order chi connectivity index (χ1) is 12.3. The molecule has 2 aromatic carbocycles. The average Bonchev–Trinajstić information content (AvgIpc) is 2.63. The molecule has 26 heavy (non-hydrogen) atoms. The molecule has 0 fully saturated rings. The summed E-state index contributed by atoms with van der Waals surface area (Å²) in [5.41, 5.74) is 0. The first-order valence-corrected chi connectivity index (χ1v) is 10.8. The van der Waals surface area contributed by atoms with Gasteiger partial charge in [-0.05, 0) is 24.3 Å². The Morgan fingerprint density at radius 3 is 1.35 bits per heavy atom. The molecule has 0 amide bonds. The molecule has 2 rings (SSSR count). The normalized spacial score (nSPS) is 12.0. The molecule has 0 radical (unpaired) electrons. The van der Waals surface area contributed by atoms with Crippen LogP contribution >= 0.6 is 8.25 Å². The van der Waals surface area contributed by atoms with Crippen LogP contribution in [0.2, 0.25) is 0 Å². The van der Waals surface area contributed by atoms with E-state index in [1.165, 1.54) is 48.5 Å². The summed E-state index contributed by atoms with van der Waals surface area (Å²) in [6, 6.07) is 14.5. The highest BCUT2D eigenvalue weighted by molar-refractivity contribution is 7.87. The zero-order valence-corrected chi connectivity index (χ0v) is 15.7. The molecule has 0 aromatic heterocycles. The lowest BCUT2D eigenvalue weighted by Gasteiger charge is -2.02. The Morgan fingerprint density at radius 2 is 1.00 bits per heavy atom. The van der Waals surface area contributed by atoms with Crippen LogP contribution in [0.25, 0.3) is 0 Å². The Morgan fingerprint density at radius 1 is 0.654 bits per heavy atom. The van der Waals surface area contributed by atoms with Gasteiger partial charge in [0.05, 0.1) is 9.79 Å². The zero-order valence-electron chi connectivity index (χ0n) is 13.1. The molecule has 0 spiro atoms. The SMILES string of the molecule is O=[P+](OCOS(=O)(=O)c1ccccc1)OCOS(=O)(=O)c1ccccc1. The highest BCUT2D eigenvalue weighted by Gasteiger charge is 2.25. The van der Waals surface area contributed by atoms with Crippen LogP contribution < -0.4 is 0 Å². The van der Waals surface area contributed by atoms with Crippen molar-refractivity contribution in [2.45, 2.75) is 9.79 Å². The Kier molecular flexibility index (Phi) is 7.35. The molecule has 0 saturated heterocycles. The Hall–Kier alpha value is -1.72. The van der Waals surface area contributed by atoms with Gasteiger partial charge < -0.3 is 0 Å². The molecule has 0 bridgehead atoms. The van der Waals surface area contributed by atoms with E-state index in [0.717, 1.165) is 0 Å². The lowest BCUT2D eigenvalue weighted by molar-refractivity contribution is 0.0754. The van der Waals surface area contributed by atoms with Crippen molar-refractivity contribution < 1.29 is 38.8 Å². The monoisotopic (exact) mass is 421 g/mol. The summed E-state index contributed by atoms with van der Waals surface area (Å²) in [6.07, 6.45) is 0. The van der Waals surface area contributed by atoms with Gasteiger partial charge >= 0.3 is 8.25 Å². The lowest BCUT2D eigenvalue weighted by Crippen LogP contribution is -2.09. The van der Waals surface area contributed by atoms with Crippen molar-refractivity contribution in [1.82, 2.24) is 0 Å². The molecule has 0 N–H and O–H groups in total. The number of hydrogen-bond donors (Lipinski definition) is 0. The minimum Gasteiger partial charge on any atom is -0.232 e. The second-order valence-electron chi connectivity index (χ2n) is 4.49. The summed E-state index contributed by atoms with van der Waals surface area (Å²) >= 11 is 0. The van der Waals surface area contributed by atoms with E-state index >= 15 is 0 Å². The molecule has 0 saturated carbocycles. The fourth-order valence-electron chi connectivity index (χ4n) is 1.60. The first kappa shape index (κ1) is 20.6. The largest absolute Gasteiger partial charge is 0.702 e. The zero-order chi connectivity index (χ0) is 19.0. The van der Waals surface area contributed by atoms with Crippen LogP contribution in [0.3, 0.4) is 0 Å². The van der Waals surface area contributed by atoms with Crippen LogP contribution in [0.4, 0.5) is 0 Å². The van der Waals surface area contributed by atoms with Crippen LogP contribution in [-0.2, 0) is 42.2 Å². The molecule has 0 heterocycles. The van der Waals surface area contributed by atoms with Crippen molar-refractivity contribution >= 4 is 28.5 Å². The van der Waals surface area contributed by atoms with Gasteiger partial charge in [-0.1, -0.05) is 45.4 Å². The maximum atomic E-state index is 11.8. The molecule has 140 valence electrons. The molecule has 0 atom stereocenters. The van der Waals surface area contributed by atoms with E-state index in [-0.39, 0.29) is 9.79 Å². The van der Waals surface area contributed by atoms with Crippen LogP contribution in [0.15, 0.2) is 70.5 Å². The number of hydrogen-bond acceptors (Lipinski definition) is 9. The van der Waals surface area contributed by atoms with Crippen molar-refractivity contribution in [2.75, 3.05) is 13.6 Å². The Balaban J connectivity index is 1.74. The minimum atomic E-state index is -4.07. The van der Waals surface area contributed by atoms with Gasteiger partial charge in [-0.2, -0.15) is 16.8 Å². The van der Waals surface area contributed by atoms with Gasteiger partial charge in [0, 0.05) is 4.57 Å². The third-order valence-corrected chi connectivity index (χ3v) is 5.93. The summed E-state index contributed by atoms with van der Waals surface area (Å²) in [7, 11) is -11.0. The molecule has 0 aliphatic carbocycles. The molecule has 0 aliphatic rings. The third-order valence-electron chi connectivity index (χ3n) is 2.79. The van der Waals surface area contributed by atoms with Gasteiger partial charge in [-0.25, -0.2) is 8.37 Å². The molecule has 2 aromatic rings. The summed E-state index contributed by atoms with van der Waals surface area (Å²) < 4.78 is 76.7. The van der Waals surface area contributed by atoms with Crippen LogP contribution in [0.5, 0.6) is 0 Å². The van der Waals surface area contributed by atoms with Gasteiger partial charge in [0.25, 0.3) is 20.2 Å². The van der Waals surface area contributed by atoms with Crippen LogP contribution in [0.1, 0.15) is 0 Å². The van der Waals surface area contributed by atoms with E-state index in [0.29, 0.717) is 0 Å². The Bertz CT molecular complexity index is 851. The van der Waals surface area contributed by atoms with Gasteiger partial charge in [-0.15, -0.1) is 0 Å². The van der Waals surface area contributed by atoms with Crippen LogP contribution in [-0.4, -0.2) is 30.4 Å². The quantitative estimate of drug-likeness (QED) is 0.323. The highest BCUT2D eigenvalue weighted by Crippen LogP contribution is 2.25. The molecule has 12 heteroatoms. The fraction of sp³-hybridized carbons (Fsp3) is 0.143. The van der Waals surface area contributed by atoms with Crippen molar-refractivity contribution in [3.8, 4) is 0 Å². The molecule has 9 nitrogen and oxygen atoms in total. The highest BCUT2D eigenvalue weighted by atomic mass is 32.2. The average molecular weight is 421 g/mol. The van der Waals surface area contributed by atoms with Crippen molar-refractivity contribution in [1.29, 1.82) is 0 Å². The van der Waals surface area contributed by atoms with Crippen LogP contribution in [0, 0.1) is 0 Å². The predicted octanol–water partition coefficient (Wildman–Crippen LogP) is 2.40. The van der Waals surface area contributed by atoms with Gasteiger partial charge in [0.15, 0.2) is 0 Å². The maximum absolute atomic E-state index is 11.8. The lowest BCUT2D eigenvalue weighted by atomic mass is 10.4. The molecular weight excluding hydrogens is 407 g/mol. The minimum absolute atomic E-state index is 0.1000. The van der Waals surface area contributed by atoms with E-state index in [1.807, 2.05) is 0 Å². The van der Waals surface area contributed by atoms with E-state index < -0.39 is 42.1 Å². The molecule has 0 aliphatic heterocycles. The smallest absolute Gasteiger partial charge is 0.232 e. The number of benzene rings is 2. The number of rotatable bonds is 10. The van der Waals surface area contributed by atoms with E-state index in [2.05, 4.69) is 17.4 Å². The second-order valence-corrected chi connectivity index (χ2v) is 8.68. The summed E-state index contributed by atoms with van der Waals surface area (Å²) in [6.45, 7) is -1.75. The van der Waals surface area contributed by atoms with Gasteiger partial charge in [0.1, 0.15) is 0 Å². The first-order valence-electron chi connectivity index (χ1n) is 6.93. The third kappa shape index (κ3) is 6.22. The van der Waals surface area contributed by atoms with E-state index in [9.17, 15) is 21.4 Å². The summed E-state index contributed by atoms with van der Waals surface area (Å²) in [4.78, 5) is -0.200.